The Morgan fingerprint density at radius 3 is 2.84 bits per heavy atom. The maximum absolute atomic E-state index is 4.44. The van der Waals surface area contributed by atoms with Crippen LogP contribution >= 0.6 is 15.9 Å². The summed E-state index contributed by atoms with van der Waals surface area (Å²) in [5.41, 5.74) is 3.45. The lowest BCUT2D eigenvalue weighted by Crippen LogP contribution is -2.25. The Hall–Kier alpha value is -1.26. The van der Waals surface area contributed by atoms with Gasteiger partial charge in [-0.05, 0) is 43.1 Å². The third kappa shape index (κ3) is 3.61. The second-order valence-corrected chi connectivity index (χ2v) is 5.43. The lowest BCUT2D eigenvalue weighted by atomic mass is 9.99. The molecule has 4 heteroatoms. The molecule has 0 aliphatic rings. The molecular formula is C15H18BrN3. The predicted octanol–water partition coefficient (Wildman–Crippen LogP) is 3.64. The first kappa shape index (κ1) is 14.2. The largest absolute Gasteiger partial charge is 0.305 e. The minimum Gasteiger partial charge on any atom is -0.305 e. The molecule has 1 heterocycles. The van der Waals surface area contributed by atoms with Gasteiger partial charge in [0, 0.05) is 16.9 Å². The van der Waals surface area contributed by atoms with Crippen LogP contribution in [-0.4, -0.2) is 16.5 Å². The smallest absolute Gasteiger partial charge is 0.0801 e. The normalized spacial score (nSPS) is 12.4. The molecule has 1 N–H and O–H groups in total. The molecule has 0 radical (unpaired) electrons. The van der Waals surface area contributed by atoms with E-state index in [1.165, 1.54) is 11.1 Å². The van der Waals surface area contributed by atoms with E-state index >= 15 is 0 Å². The summed E-state index contributed by atoms with van der Waals surface area (Å²) in [5, 5.41) is 3.55. The Balaban J connectivity index is 2.40. The maximum atomic E-state index is 4.44. The molecule has 1 atom stereocenters. The van der Waals surface area contributed by atoms with Gasteiger partial charge >= 0.3 is 0 Å². The van der Waals surface area contributed by atoms with E-state index in [1.807, 2.05) is 6.20 Å². The van der Waals surface area contributed by atoms with Crippen molar-refractivity contribution in [2.45, 2.75) is 26.3 Å². The fourth-order valence-electron chi connectivity index (χ4n) is 2.04. The van der Waals surface area contributed by atoms with Crippen LogP contribution in [0, 0.1) is 6.92 Å². The van der Waals surface area contributed by atoms with E-state index in [4.69, 9.17) is 0 Å². The van der Waals surface area contributed by atoms with Crippen molar-refractivity contribution in [3.8, 4) is 0 Å². The topological polar surface area (TPSA) is 37.8 Å². The van der Waals surface area contributed by atoms with Crippen LogP contribution in [0.4, 0.5) is 0 Å². The van der Waals surface area contributed by atoms with Gasteiger partial charge in [-0.25, -0.2) is 0 Å². The number of aryl methyl sites for hydroxylation is 1. The second-order valence-electron chi connectivity index (χ2n) is 4.52. The van der Waals surface area contributed by atoms with Crippen molar-refractivity contribution in [3.63, 3.8) is 0 Å². The van der Waals surface area contributed by atoms with Crippen LogP contribution in [0.5, 0.6) is 0 Å². The Morgan fingerprint density at radius 1 is 1.32 bits per heavy atom. The summed E-state index contributed by atoms with van der Waals surface area (Å²) in [6, 6.07) is 6.42. The van der Waals surface area contributed by atoms with E-state index in [0.717, 1.165) is 23.1 Å². The number of aromatic nitrogens is 2. The highest BCUT2D eigenvalue weighted by molar-refractivity contribution is 9.10. The number of hydrogen-bond donors (Lipinski definition) is 1. The van der Waals surface area contributed by atoms with Crippen molar-refractivity contribution in [2.75, 3.05) is 6.54 Å². The lowest BCUT2D eigenvalue weighted by molar-refractivity contribution is 0.582. The average molecular weight is 320 g/mol. The highest BCUT2D eigenvalue weighted by atomic mass is 79.9. The van der Waals surface area contributed by atoms with Crippen LogP contribution in [0.3, 0.4) is 0 Å². The number of benzene rings is 1. The van der Waals surface area contributed by atoms with Crippen LogP contribution in [0.1, 0.15) is 36.2 Å². The Kier molecular flexibility index (Phi) is 5.05. The standard InChI is InChI=1S/C15H18BrN3/c1-3-6-19-15(14-10-17-7-8-18-14)13-9-12(16)5-4-11(13)2/h4-5,7-10,15,19H,3,6H2,1-2H3. The molecule has 2 rings (SSSR count). The van der Waals surface area contributed by atoms with E-state index in [1.54, 1.807) is 12.4 Å². The molecule has 1 aromatic heterocycles. The molecular weight excluding hydrogens is 302 g/mol. The van der Waals surface area contributed by atoms with Gasteiger partial charge in [0.25, 0.3) is 0 Å². The molecule has 19 heavy (non-hydrogen) atoms. The molecule has 0 amide bonds. The van der Waals surface area contributed by atoms with E-state index in [-0.39, 0.29) is 6.04 Å². The summed E-state index contributed by atoms with van der Waals surface area (Å²) in [6.07, 6.45) is 6.36. The van der Waals surface area contributed by atoms with E-state index in [2.05, 4.69) is 63.3 Å². The molecule has 2 aromatic rings. The first-order valence-corrected chi connectivity index (χ1v) is 7.27. The Labute approximate surface area is 122 Å². The zero-order valence-corrected chi connectivity index (χ0v) is 12.8. The molecule has 0 saturated carbocycles. The average Bonchev–Trinajstić information content (AvgIpc) is 2.44. The Morgan fingerprint density at radius 2 is 2.16 bits per heavy atom. The second kappa shape index (κ2) is 6.78. The van der Waals surface area contributed by atoms with Crippen LogP contribution < -0.4 is 5.32 Å². The van der Waals surface area contributed by atoms with Crippen LogP contribution in [0.2, 0.25) is 0 Å². The van der Waals surface area contributed by atoms with Crippen molar-refractivity contribution in [2.24, 2.45) is 0 Å². The third-order valence-corrected chi connectivity index (χ3v) is 3.52. The number of rotatable bonds is 5. The lowest BCUT2D eigenvalue weighted by Gasteiger charge is -2.20. The van der Waals surface area contributed by atoms with Gasteiger partial charge in [0.1, 0.15) is 0 Å². The van der Waals surface area contributed by atoms with Gasteiger partial charge in [0.15, 0.2) is 0 Å². The molecule has 0 aliphatic carbocycles. The van der Waals surface area contributed by atoms with Gasteiger partial charge in [-0.2, -0.15) is 0 Å². The first-order valence-electron chi connectivity index (χ1n) is 6.47. The van der Waals surface area contributed by atoms with Crippen LogP contribution in [-0.2, 0) is 0 Å². The summed E-state index contributed by atoms with van der Waals surface area (Å²) in [7, 11) is 0. The molecule has 100 valence electrons. The first-order chi connectivity index (χ1) is 9.22. The summed E-state index contributed by atoms with van der Waals surface area (Å²) in [4.78, 5) is 8.62. The fraction of sp³-hybridized carbons (Fsp3) is 0.333. The van der Waals surface area contributed by atoms with Crippen molar-refractivity contribution in [1.82, 2.24) is 15.3 Å². The minimum absolute atomic E-state index is 0.0890. The van der Waals surface area contributed by atoms with Gasteiger partial charge in [-0.1, -0.05) is 28.9 Å². The summed E-state index contributed by atoms with van der Waals surface area (Å²) >= 11 is 3.54. The van der Waals surface area contributed by atoms with E-state index < -0.39 is 0 Å². The van der Waals surface area contributed by atoms with Gasteiger partial charge < -0.3 is 5.32 Å². The molecule has 0 saturated heterocycles. The summed E-state index contributed by atoms with van der Waals surface area (Å²) < 4.78 is 1.08. The quantitative estimate of drug-likeness (QED) is 0.914. The van der Waals surface area contributed by atoms with E-state index in [0.29, 0.717) is 0 Å². The molecule has 1 aromatic carbocycles. The molecule has 1 unspecified atom stereocenters. The zero-order chi connectivity index (χ0) is 13.7. The molecule has 3 nitrogen and oxygen atoms in total. The number of hydrogen-bond acceptors (Lipinski definition) is 3. The van der Waals surface area contributed by atoms with Crippen molar-refractivity contribution in [3.05, 3.63) is 58.1 Å². The van der Waals surface area contributed by atoms with Crippen molar-refractivity contribution >= 4 is 15.9 Å². The molecule has 0 fully saturated rings. The monoisotopic (exact) mass is 319 g/mol. The SMILES string of the molecule is CCCNC(c1cnccn1)c1cc(Br)ccc1C. The van der Waals surface area contributed by atoms with Crippen molar-refractivity contribution < 1.29 is 0 Å². The number of nitrogens with one attached hydrogen (secondary N) is 1. The van der Waals surface area contributed by atoms with Crippen LogP contribution in [0.25, 0.3) is 0 Å². The molecule has 0 aliphatic heterocycles. The molecule has 0 spiro atoms. The minimum atomic E-state index is 0.0890. The highest BCUT2D eigenvalue weighted by Gasteiger charge is 2.17. The number of halogens is 1. The third-order valence-electron chi connectivity index (χ3n) is 3.03. The Bertz CT molecular complexity index is 528. The van der Waals surface area contributed by atoms with Gasteiger partial charge in [-0.3, -0.25) is 9.97 Å². The zero-order valence-electron chi connectivity index (χ0n) is 11.2. The van der Waals surface area contributed by atoms with Gasteiger partial charge in [0.2, 0.25) is 0 Å². The van der Waals surface area contributed by atoms with Gasteiger partial charge in [0.05, 0.1) is 17.9 Å². The van der Waals surface area contributed by atoms with E-state index in [9.17, 15) is 0 Å². The van der Waals surface area contributed by atoms with Crippen LogP contribution in [0.15, 0.2) is 41.3 Å². The predicted molar refractivity (Wildman–Crippen MR) is 81.0 cm³/mol. The molecule has 0 bridgehead atoms. The fourth-order valence-corrected chi connectivity index (χ4v) is 2.42. The summed E-state index contributed by atoms with van der Waals surface area (Å²) in [5.74, 6) is 0. The van der Waals surface area contributed by atoms with Crippen molar-refractivity contribution in [1.29, 1.82) is 0 Å². The van der Waals surface area contributed by atoms with Gasteiger partial charge in [-0.15, -0.1) is 0 Å². The summed E-state index contributed by atoms with van der Waals surface area (Å²) in [6.45, 7) is 5.24. The highest BCUT2D eigenvalue weighted by Crippen LogP contribution is 2.26. The maximum Gasteiger partial charge on any atom is 0.0801 e. The number of nitrogens with zero attached hydrogens (tertiary/aromatic N) is 2.